The third kappa shape index (κ3) is 3.50. The van der Waals surface area contributed by atoms with Crippen molar-refractivity contribution in [1.29, 1.82) is 0 Å². The van der Waals surface area contributed by atoms with Crippen molar-refractivity contribution in [2.45, 2.75) is 6.42 Å². The number of hydrogen-bond acceptors (Lipinski definition) is 4. The van der Waals surface area contributed by atoms with E-state index in [2.05, 4.69) is 5.92 Å². The van der Waals surface area contributed by atoms with Crippen LogP contribution in [0.15, 0.2) is 18.2 Å². The van der Waals surface area contributed by atoms with Crippen molar-refractivity contribution in [3.8, 4) is 18.1 Å². The molecule has 0 aliphatic heterocycles. The van der Waals surface area contributed by atoms with Gasteiger partial charge in [0.25, 0.3) is 0 Å². The molecule has 0 heterocycles. The largest absolute Gasteiger partial charge is 0.481 e. The average molecular weight is 235 g/mol. The fraction of sp³-hybridized carbons (Fsp3) is 0.182. The molecule has 0 saturated carbocycles. The van der Waals surface area contributed by atoms with Crippen LogP contribution in [0.1, 0.15) is 5.56 Å². The normalized spacial score (nSPS) is 9.35. The molecule has 1 aromatic rings. The van der Waals surface area contributed by atoms with Crippen LogP contribution in [0.2, 0.25) is 0 Å². The van der Waals surface area contributed by atoms with Crippen LogP contribution in [0.25, 0.3) is 0 Å². The number of rotatable bonds is 5. The third-order valence-electron chi connectivity index (χ3n) is 1.89. The van der Waals surface area contributed by atoms with E-state index in [4.69, 9.17) is 16.3 Å². The van der Waals surface area contributed by atoms with E-state index in [0.29, 0.717) is 5.56 Å². The Hall–Kier alpha value is -2.55. The summed E-state index contributed by atoms with van der Waals surface area (Å²) in [7, 11) is 0. The molecular formula is C11H9NO5. The molecule has 1 aromatic carbocycles. The number of carbonyl (C=O) groups is 1. The van der Waals surface area contributed by atoms with E-state index in [1.165, 1.54) is 18.2 Å². The number of benzene rings is 1. The number of terminal acetylenes is 1. The second kappa shape index (κ2) is 5.51. The molecule has 0 aromatic heterocycles. The summed E-state index contributed by atoms with van der Waals surface area (Å²) in [5.41, 5.74) is 0.0382. The van der Waals surface area contributed by atoms with Gasteiger partial charge in [-0.3, -0.25) is 14.9 Å². The second-order valence-electron chi connectivity index (χ2n) is 3.12. The summed E-state index contributed by atoms with van der Waals surface area (Å²) in [6.45, 7) is -0.0842. The van der Waals surface area contributed by atoms with Gasteiger partial charge in [-0.2, -0.15) is 0 Å². The standard InChI is InChI=1S/C11H9NO5/c1-2-5-17-10-4-3-8(7-11(13)14)6-9(10)12(15)16/h1,3-4,6H,5,7H2,(H,13,14). The molecule has 0 unspecified atom stereocenters. The molecule has 17 heavy (non-hydrogen) atoms. The molecule has 0 saturated heterocycles. The summed E-state index contributed by atoms with van der Waals surface area (Å²) in [4.78, 5) is 20.6. The van der Waals surface area contributed by atoms with Gasteiger partial charge < -0.3 is 9.84 Å². The molecule has 6 nitrogen and oxygen atoms in total. The van der Waals surface area contributed by atoms with Crippen molar-refractivity contribution in [3.05, 3.63) is 33.9 Å². The number of nitrogens with zero attached hydrogens (tertiary/aromatic N) is 1. The molecule has 0 atom stereocenters. The van der Waals surface area contributed by atoms with Crippen molar-refractivity contribution in [2.24, 2.45) is 0 Å². The quantitative estimate of drug-likeness (QED) is 0.471. The van der Waals surface area contributed by atoms with Gasteiger partial charge >= 0.3 is 11.7 Å². The van der Waals surface area contributed by atoms with Gasteiger partial charge in [-0.05, 0) is 11.6 Å². The molecule has 1 N–H and O–H groups in total. The molecule has 0 fully saturated rings. The predicted octanol–water partition coefficient (Wildman–Crippen LogP) is 1.23. The maximum atomic E-state index is 10.7. The maximum Gasteiger partial charge on any atom is 0.311 e. The Morgan fingerprint density at radius 1 is 1.59 bits per heavy atom. The van der Waals surface area contributed by atoms with Crippen molar-refractivity contribution in [3.63, 3.8) is 0 Å². The first kappa shape index (κ1) is 12.5. The SMILES string of the molecule is C#CCOc1ccc(CC(=O)O)cc1[N+](=O)[O-]. The molecule has 0 radical (unpaired) electrons. The summed E-state index contributed by atoms with van der Waals surface area (Å²) in [5.74, 6) is 1.16. The lowest BCUT2D eigenvalue weighted by molar-refractivity contribution is -0.385. The van der Waals surface area contributed by atoms with Crippen molar-refractivity contribution in [2.75, 3.05) is 6.61 Å². The molecule has 0 spiro atoms. The highest BCUT2D eigenvalue weighted by atomic mass is 16.6. The fourth-order valence-electron chi connectivity index (χ4n) is 1.23. The highest BCUT2D eigenvalue weighted by molar-refractivity contribution is 5.71. The molecule has 0 bridgehead atoms. The summed E-state index contributed by atoms with van der Waals surface area (Å²) in [6.07, 6.45) is 4.69. The van der Waals surface area contributed by atoms with E-state index in [1.54, 1.807) is 0 Å². The van der Waals surface area contributed by atoms with Crippen LogP contribution in [0.5, 0.6) is 5.75 Å². The highest BCUT2D eigenvalue weighted by Crippen LogP contribution is 2.28. The Balaban J connectivity index is 3.04. The Kier molecular flexibility index (Phi) is 4.06. The summed E-state index contributed by atoms with van der Waals surface area (Å²) >= 11 is 0. The van der Waals surface area contributed by atoms with Gasteiger partial charge in [-0.15, -0.1) is 6.42 Å². The van der Waals surface area contributed by atoms with Crippen molar-refractivity contribution >= 4 is 11.7 Å². The van der Waals surface area contributed by atoms with E-state index in [-0.39, 0.29) is 24.5 Å². The van der Waals surface area contributed by atoms with Crippen molar-refractivity contribution in [1.82, 2.24) is 0 Å². The van der Waals surface area contributed by atoms with Gasteiger partial charge in [0, 0.05) is 6.07 Å². The Bertz CT molecular complexity index is 489. The first-order valence-electron chi connectivity index (χ1n) is 4.60. The number of nitro groups is 1. The number of ether oxygens (including phenoxy) is 1. The summed E-state index contributed by atoms with van der Waals surface area (Å²) < 4.78 is 4.98. The van der Waals surface area contributed by atoms with Gasteiger partial charge in [0.1, 0.15) is 6.61 Å². The minimum atomic E-state index is -1.06. The maximum absolute atomic E-state index is 10.7. The molecule has 0 aliphatic rings. The lowest BCUT2D eigenvalue weighted by Crippen LogP contribution is -2.03. The van der Waals surface area contributed by atoms with Gasteiger partial charge in [0.15, 0.2) is 5.75 Å². The molecule has 6 heteroatoms. The van der Waals surface area contributed by atoms with Crippen LogP contribution in [-0.4, -0.2) is 22.6 Å². The van der Waals surface area contributed by atoms with E-state index in [9.17, 15) is 14.9 Å². The van der Waals surface area contributed by atoms with Crippen LogP contribution in [-0.2, 0) is 11.2 Å². The molecular weight excluding hydrogens is 226 g/mol. The Morgan fingerprint density at radius 2 is 2.29 bits per heavy atom. The van der Waals surface area contributed by atoms with Gasteiger partial charge in [-0.1, -0.05) is 12.0 Å². The van der Waals surface area contributed by atoms with Crippen LogP contribution < -0.4 is 4.74 Å². The van der Waals surface area contributed by atoms with E-state index in [1.807, 2.05) is 0 Å². The summed E-state index contributed by atoms with van der Waals surface area (Å²) in [5, 5.41) is 19.3. The molecule has 88 valence electrons. The van der Waals surface area contributed by atoms with Crippen molar-refractivity contribution < 1.29 is 19.6 Å². The van der Waals surface area contributed by atoms with Gasteiger partial charge in [-0.25, -0.2) is 0 Å². The minimum absolute atomic E-state index is 0.0297. The van der Waals surface area contributed by atoms with Crippen LogP contribution in [0.4, 0.5) is 5.69 Å². The molecule has 0 amide bonds. The highest BCUT2D eigenvalue weighted by Gasteiger charge is 2.16. The number of hydrogen-bond donors (Lipinski definition) is 1. The first-order valence-corrected chi connectivity index (χ1v) is 4.60. The monoisotopic (exact) mass is 235 g/mol. The average Bonchev–Trinajstić information content (AvgIpc) is 2.26. The van der Waals surface area contributed by atoms with Crippen LogP contribution >= 0.6 is 0 Å². The van der Waals surface area contributed by atoms with Crippen LogP contribution in [0.3, 0.4) is 0 Å². The van der Waals surface area contributed by atoms with E-state index < -0.39 is 10.9 Å². The fourth-order valence-corrected chi connectivity index (χ4v) is 1.23. The Labute approximate surface area is 97.0 Å². The lowest BCUT2D eigenvalue weighted by atomic mass is 10.1. The van der Waals surface area contributed by atoms with Gasteiger partial charge in [0.05, 0.1) is 11.3 Å². The molecule has 1 rings (SSSR count). The predicted molar refractivity (Wildman–Crippen MR) is 58.8 cm³/mol. The zero-order chi connectivity index (χ0) is 12.8. The second-order valence-corrected chi connectivity index (χ2v) is 3.12. The lowest BCUT2D eigenvalue weighted by Gasteiger charge is -2.04. The number of aliphatic carboxylic acids is 1. The topological polar surface area (TPSA) is 89.7 Å². The zero-order valence-electron chi connectivity index (χ0n) is 8.75. The molecule has 0 aliphatic carbocycles. The summed E-state index contributed by atoms with van der Waals surface area (Å²) in [6, 6.07) is 3.96. The van der Waals surface area contributed by atoms with Crippen LogP contribution in [0, 0.1) is 22.5 Å². The first-order chi connectivity index (χ1) is 8.04. The van der Waals surface area contributed by atoms with E-state index >= 15 is 0 Å². The minimum Gasteiger partial charge on any atom is -0.481 e. The third-order valence-corrected chi connectivity index (χ3v) is 1.89. The zero-order valence-corrected chi connectivity index (χ0v) is 8.75. The van der Waals surface area contributed by atoms with E-state index in [0.717, 1.165) is 0 Å². The van der Waals surface area contributed by atoms with Gasteiger partial charge in [0.2, 0.25) is 0 Å². The smallest absolute Gasteiger partial charge is 0.311 e. The Morgan fingerprint density at radius 3 is 2.82 bits per heavy atom. The number of carboxylic acid groups (broad SMARTS) is 1. The number of carboxylic acids is 1. The number of nitro benzene ring substituents is 1.